The zero-order chi connectivity index (χ0) is 24.2. The highest BCUT2D eigenvalue weighted by molar-refractivity contribution is 7.08. The summed E-state index contributed by atoms with van der Waals surface area (Å²) in [5.74, 6) is -0.317. The smallest absolute Gasteiger partial charge is 0.271 e. The maximum Gasteiger partial charge on any atom is 0.271 e. The van der Waals surface area contributed by atoms with Crippen LogP contribution in [-0.4, -0.2) is 38.3 Å². The first kappa shape index (κ1) is 23.4. The summed E-state index contributed by atoms with van der Waals surface area (Å²) in [5.41, 5.74) is 5.52. The Hall–Kier alpha value is -3.78. The average Bonchev–Trinajstić information content (AvgIpc) is 3.29. The number of hydrogen-bond acceptors (Lipinski definition) is 7. The zero-order valence-corrected chi connectivity index (χ0v) is 20.3. The summed E-state index contributed by atoms with van der Waals surface area (Å²) in [6, 6.07) is 13.7. The Labute approximate surface area is 202 Å². The number of carbonyl (C=O) groups is 2. The Balaban J connectivity index is 1.71. The number of Topliss-reactive ketones (excluding diaryl/α,β-unsaturated/α-hetero) is 1. The van der Waals surface area contributed by atoms with E-state index in [1.165, 1.54) is 0 Å². The molecule has 2 aromatic heterocycles. The lowest BCUT2D eigenvalue weighted by atomic mass is 9.94. The normalized spacial score (nSPS) is 11.8. The van der Waals surface area contributed by atoms with Gasteiger partial charge in [-0.2, -0.15) is 0 Å². The van der Waals surface area contributed by atoms with Crippen LogP contribution in [0, 0.1) is 13.8 Å². The summed E-state index contributed by atoms with van der Waals surface area (Å²) in [6.45, 7) is 5.75. The molecule has 1 unspecified atom stereocenters. The van der Waals surface area contributed by atoms with E-state index in [0.29, 0.717) is 21.8 Å². The second-order valence-electron chi connectivity index (χ2n) is 8.34. The largest absolute Gasteiger partial charge is 0.311 e. The number of rotatable bonds is 7. The van der Waals surface area contributed by atoms with Crippen LogP contribution in [0.25, 0.3) is 11.1 Å². The lowest BCUT2D eigenvalue weighted by molar-refractivity contribution is 0.0970. The quantitative estimate of drug-likeness (QED) is 0.341. The molecule has 2 heterocycles. The summed E-state index contributed by atoms with van der Waals surface area (Å²) in [7, 11) is 1.70. The molecule has 1 amide bonds. The third-order valence-electron chi connectivity index (χ3n) is 5.74. The summed E-state index contributed by atoms with van der Waals surface area (Å²) in [5, 5.41) is 3.95. The minimum atomic E-state index is -0.208. The van der Waals surface area contributed by atoms with Crippen molar-refractivity contribution in [2.45, 2.75) is 33.1 Å². The van der Waals surface area contributed by atoms with Gasteiger partial charge in [0.05, 0.1) is 11.4 Å². The molecule has 1 atom stereocenters. The molecule has 7 nitrogen and oxygen atoms in total. The molecule has 0 saturated heterocycles. The zero-order valence-electron chi connectivity index (χ0n) is 19.5. The maximum atomic E-state index is 13.3. The van der Waals surface area contributed by atoms with Gasteiger partial charge in [-0.1, -0.05) is 41.2 Å². The SMILES string of the molecule is Cc1ccc(-c2cc(C(=O)CC(C)c3cnccn3)cc(N(C)C(=O)c3snnc3C)c2)cc1. The first-order valence-corrected chi connectivity index (χ1v) is 11.7. The van der Waals surface area contributed by atoms with Gasteiger partial charge in [0.2, 0.25) is 0 Å². The fourth-order valence-electron chi connectivity index (χ4n) is 3.64. The fourth-order valence-corrected chi connectivity index (χ4v) is 4.27. The van der Waals surface area contributed by atoms with Crippen molar-refractivity contribution >= 4 is 28.9 Å². The molecule has 0 aliphatic rings. The van der Waals surface area contributed by atoms with Crippen molar-refractivity contribution in [1.82, 2.24) is 19.6 Å². The molecule has 0 aliphatic carbocycles. The number of aryl methyl sites for hydroxylation is 2. The third-order valence-corrected chi connectivity index (χ3v) is 6.56. The van der Waals surface area contributed by atoms with Gasteiger partial charge < -0.3 is 4.90 Å². The Morgan fingerprint density at radius 2 is 1.79 bits per heavy atom. The van der Waals surface area contributed by atoms with E-state index < -0.39 is 0 Å². The van der Waals surface area contributed by atoms with Gasteiger partial charge in [-0.25, -0.2) is 0 Å². The highest BCUT2D eigenvalue weighted by Gasteiger charge is 2.22. The van der Waals surface area contributed by atoms with E-state index in [1.807, 2.05) is 50.2 Å². The van der Waals surface area contributed by atoms with Gasteiger partial charge in [0.1, 0.15) is 4.88 Å². The lowest BCUT2D eigenvalue weighted by Gasteiger charge is -2.19. The Morgan fingerprint density at radius 1 is 1.03 bits per heavy atom. The van der Waals surface area contributed by atoms with Crippen LogP contribution in [0.2, 0.25) is 0 Å². The van der Waals surface area contributed by atoms with Gasteiger partial charge in [0.15, 0.2) is 5.78 Å². The van der Waals surface area contributed by atoms with E-state index in [9.17, 15) is 9.59 Å². The summed E-state index contributed by atoms with van der Waals surface area (Å²) in [6.07, 6.45) is 5.21. The van der Waals surface area contributed by atoms with Crippen molar-refractivity contribution in [3.63, 3.8) is 0 Å². The predicted molar refractivity (Wildman–Crippen MR) is 133 cm³/mol. The molecule has 2 aromatic carbocycles. The van der Waals surface area contributed by atoms with Crippen LogP contribution in [-0.2, 0) is 0 Å². The number of carbonyl (C=O) groups excluding carboxylic acids is 2. The van der Waals surface area contributed by atoms with Crippen molar-refractivity contribution < 1.29 is 9.59 Å². The van der Waals surface area contributed by atoms with Crippen molar-refractivity contribution in [2.75, 3.05) is 11.9 Å². The van der Waals surface area contributed by atoms with Crippen LogP contribution >= 0.6 is 11.5 Å². The number of amides is 1. The summed E-state index contributed by atoms with van der Waals surface area (Å²) < 4.78 is 3.88. The fraction of sp³-hybridized carbons (Fsp3) is 0.231. The minimum Gasteiger partial charge on any atom is -0.311 e. The van der Waals surface area contributed by atoms with Gasteiger partial charge >= 0.3 is 0 Å². The van der Waals surface area contributed by atoms with Gasteiger partial charge in [-0.05, 0) is 54.7 Å². The van der Waals surface area contributed by atoms with Crippen molar-refractivity contribution in [1.29, 1.82) is 0 Å². The van der Waals surface area contributed by atoms with E-state index >= 15 is 0 Å². The van der Waals surface area contributed by atoms with E-state index in [-0.39, 0.29) is 24.0 Å². The van der Waals surface area contributed by atoms with Crippen molar-refractivity contribution in [2.24, 2.45) is 0 Å². The second-order valence-corrected chi connectivity index (χ2v) is 9.10. The van der Waals surface area contributed by atoms with Crippen LogP contribution in [0.5, 0.6) is 0 Å². The van der Waals surface area contributed by atoms with Crippen LogP contribution in [0.1, 0.15) is 56.2 Å². The van der Waals surface area contributed by atoms with E-state index in [0.717, 1.165) is 33.9 Å². The van der Waals surface area contributed by atoms with Crippen LogP contribution < -0.4 is 4.90 Å². The molecule has 4 rings (SSSR count). The summed E-state index contributed by atoms with van der Waals surface area (Å²) >= 11 is 1.07. The second kappa shape index (κ2) is 10.0. The molecule has 8 heteroatoms. The first-order chi connectivity index (χ1) is 16.3. The Bertz CT molecular complexity index is 1320. The highest BCUT2D eigenvalue weighted by atomic mass is 32.1. The van der Waals surface area contributed by atoms with Crippen LogP contribution in [0.3, 0.4) is 0 Å². The molecule has 34 heavy (non-hydrogen) atoms. The Kier molecular flexibility index (Phi) is 6.88. The van der Waals surface area contributed by atoms with Gasteiger partial charge in [0, 0.05) is 49.2 Å². The molecular formula is C26H25N5O2S. The Morgan fingerprint density at radius 3 is 2.44 bits per heavy atom. The third kappa shape index (κ3) is 5.07. The van der Waals surface area contributed by atoms with Gasteiger partial charge in [0.25, 0.3) is 5.91 Å². The van der Waals surface area contributed by atoms with Gasteiger partial charge in [-0.3, -0.25) is 19.6 Å². The predicted octanol–water partition coefficient (Wildman–Crippen LogP) is 5.27. The molecular weight excluding hydrogens is 446 g/mol. The van der Waals surface area contributed by atoms with Crippen LogP contribution in [0.4, 0.5) is 5.69 Å². The average molecular weight is 472 g/mol. The standard InChI is InChI=1S/C26H25N5O2S/c1-16-5-7-19(8-6-16)20-12-21(24(32)11-17(2)23-15-27-9-10-28-23)14-22(13-20)31(4)26(33)25-18(3)29-30-34-25/h5-10,12-15,17H,11H2,1-4H3. The van der Waals surface area contributed by atoms with E-state index in [4.69, 9.17) is 0 Å². The monoisotopic (exact) mass is 471 g/mol. The lowest BCUT2D eigenvalue weighted by Crippen LogP contribution is -2.26. The molecule has 0 fully saturated rings. The highest BCUT2D eigenvalue weighted by Crippen LogP contribution is 2.30. The number of hydrogen-bond donors (Lipinski definition) is 0. The van der Waals surface area contributed by atoms with Gasteiger partial charge in [-0.15, -0.1) is 5.10 Å². The van der Waals surface area contributed by atoms with E-state index in [1.54, 1.807) is 43.5 Å². The number of nitrogens with zero attached hydrogens (tertiary/aromatic N) is 5. The molecule has 172 valence electrons. The maximum absolute atomic E-state index is 13.3. The number of benzene rings is 2. The number of ketones is 1. The molecule has 0 saturated carbocycles. The van der Waals surface area contributed by atoms with Crippen molar-refractivity contribution in [3.05, 3.63) is 88.4 Å². The topological polar surface area (TPSA) is 88.9 Å². The van der Waals surface area contributed by atoms with Crippen molar-refractivity contribution in [3.8, 4) is 11.1 Å². The molecule has 0 bridgehead atoms. The molecule has 4 aromatic rings. The molecule has 0 spiro atoms. The minimum absolute atomic E-state index is 0.0233. The summed E-state index contributed by atoms with van der Waals surface area (Å²) in [4.78, 5) is 36.9. The molecule has 0 radical (unpaired) electrons. The molecule has 0 aliphatic heterocycles. The van der Waals surface area contributed by atoms with E-state index in [2.05, 4.69) is 19.6 Å². The number of aromatic nitrogens is 4. The number of anilines is 1. The van der Waals surface area contributed by atoms with Crippen LogP contribution in [0.15, 0.2) is 61.1 Å². The first-order valence-electron chi connectivity index (χ1n) is 10.9. The molecule has 0 N–H and O–H groups in total.